The maximum Gasteiger partial charge on any atom is 0.223 e. The summed E-state index contributed by atoms with van der Waals surface area (Å²) in [6.45, 7) is 5.06. The minimum atomic E-state index is 0.222. The fourth-order valence-electron chi connectivity index (χ4n) is 3.92. The molecule has 1 aromatic heterocycles. The van der Waals surface area contributed by atoms with Crippen molar-refractivity contribution in [1.29, 1.82) is 0 Å². The molecule has 2 aliphatic rings. The maximum absolute atomic E-state index is 12.1. The van der Waals surface area contributed by atoms with Gasteiger partial charge in [-0.05, 0) is 76.3 Å². The Morgan fingerprint density at radius 2 is 2.17 bits per heavy atom. The molecule has 0 saturated carbocycles. The van der Waals surface area contributed by atoms with E-state index in [4.69, 9.17) is 0 Å². The Balaban J connectivity index is 1.33. The average molecular weight is 330 g/mol. The van der Waals surface area contributed by atoms with Crippen molar-refractivity contribution < 1.29 is 4.79 Å². The Kier molecular flexibility index (Phi) is 6.61. The third-order valence-electron chi connectivity index (χ3n) is 5.31. The van der Waals surface area contributed by atoms with Crippen LogP contribution in [0.25, 0.3) is 0 Å². The Labute approximate surface area is 145 Å². The van der Waals surface area contributed by atoms with Crippen molar-refractivity contribution in [3.05, 3.63) is 30.1 Å². The van der Waals surface area contributed by atoms with Crippen molar-refractivity contribution in [2.75, 3.05) is 32.7 Å². The second-order valence-corrected chi connectivity index (χ2v) is 7.00. The number of nitrogens with zero attached hydrogens (tertiary/aromatic N) is 2. The van der Waals surface area contributed by atoms with Gasteiger partial charge in [-0.25, -0.2) is 0 Å². The van der Waals surface area contributed by atoms with Gasteiger partial charge < -0.3 is 10.6 Å². The Bertz CT molecular complexity index is 501. The van der Waals surface area contributed by atoms with Gasteiger partial charge in [0.05, 0.1) is 0 Å². The van der Waals surface area contributed by atoms with E-state index >= 15 is 0 Å². The summed E-state index contributed by atoms with van der Waals surface area (Å²) in [4.78, 5) is 18.9. The third-order valence-corrected chi connectivity index (χ3v) is 5.31. The summed E-state index contributed by atoms with van der Waals surface area (Å²) in [6, 6.07) is 4.75. The monoisotopic (exact) mass is 330 g/mol. The molecule has 5 nitrogen and oxygen atoms in total. The lowest BCUT2D eigenvalue weighted by atomic mass is 9.97. The molecular weight excluding hydrogens is 300 g/mol. The maximum atomic E-state index is 12.1. The molecule has 3 heterocycles. The zero-order valence-corrected chi connectivity index (χ0v) is 14.5. The van der Waals surface area contributed by atoms with Crippen LogP contribution in [0.3, 0.4) is 0 Å². The van der Waals surface area contributed by atoms with Gasteiger partial charge in [-0.3, -0.25) is 14.7 Å². The van der Waals surface area contributed by atoms with Crippen LogP contribution in [0.4, 0.5) is 0 Å². The van der Waals surface area contributed by atoms with Crippen LogP contribution >= 0.6 is 0 Å². The number of carbonyl (C=O) groups is 1. The van der Waals surface area contributed by atoms with Gasteiger partial charge in [0.1, 0.15) is 0 Å². The lowest BCUT2D eigenvalue weighted by Crippen LogP contribution is -2.38. The lowest BCUT2D eigenvalue weighted by molar-refractivity contribution is -0.125. The highest BCUT2D eigenvalue weighted by Crippen LogP contribution is 2.31. The second-order valence-electron chi connectivity index (χ2n) is 7.00. The molecule has 1 amide bonds. The summed E-state index contributed by atoms with van der Waals surface area (Å²) in [5.41, 5.74) is 1.34. The molecule has 24 heavy (non-hydrogen) atoms. The van der Waals surface area contributed by atoms with Crippen LogP contribution in [0.1, 0.15) is 50.1 Å². The first kappa shape index (κ1) is 17.4. The van der Waals surface area contributed by atoms with Gasteiger partial charge in [-0.1, -0.05) is 6.07 Å². The molecule has 0 bridgehead atoms. The van der Waals surface area contributed by atoms with Crippen molar-refractivity contribution in [2.24, 2.45) is 5.92 Å². The highest BCUT2D eigenvalue weighted by atomic mass is 16.1. The topological polar surface area (TPSA) is 57.3 Å². The summed E-state index contributed by atoms with van der Waals surface area (Å²) in [7, 11) is 0. The minimum absolute atomic E-state index is 0.222. The number of likely N-dealkylation sites (tertiary alicyclic amines) is 1. The molecule has 2 saturated heterocycles. The van der Waals surface area contributed by atoms with Gasteiger partial charge in [0.25, 0.3) is 0 Å². The number of pyridine rings is 1. The molecule has 5 heteroatoms. The predicted molar refractivity (Wildman–Crippen MR) is 95.6 cm³/mol. The fraction of sp³-hybridized carbons (Fsp3) is 0.684. The van der Waals surface area contributed by atoms with Crippen molar-refractivity contribution in [2.45, 2.75) is 44.6 Å². The number of hydrogen-bond acceptors (Lipinski definition) is 4. The molecule has 2 N–H and O–H groups in total. The molecule has 1 atom stereocenters. The smallest absolute Gasteiger partial charge is 0.223 e. The first-order valence-electron chi connectivity index (χ1n) is 9.47. The summed E-state index contributed by atoms with van der Waals surface area (Å²) in [5, 5.41) is 6.43. The molecule has 2 fully saturated rings. The van der Waals surface area contributed by atoms with E-state index in [2.05, 4.69) is 26.6 Å². The van der Waals surface area contributed by atoms with Gasteiger partial charge in [-0.2, -0.15) is 0 Å². The van der Waals surface area contributed by atoms with Gasteiger partial charge in [0, 0.05) is 30.9 Å². The van der Waals surface area contributed by atoms with Crippen LogP contribution in [0.5, 0.6) is 0 Å². The first-order chi connectivity index (χ1) is 11.8. The Morgan fingerprint density at radius 1 is 1.29 bits per heavy atom. The van der Waals surface area contributed by atoms with Crippen molar-refractivity contribution in [3.63, 3.8) is 0 Å². The zero-order valence-electron chi connectivity index (χ0n) is 14.5. The molecule has 1 unspecified atom stereocenters. The molecule has 2 aliphatic heterocycles. The van der Waals surface area contributed by atoms with Crippen LogP contribution in [0.15, 0.2) is 24.5 Å². The van der Waals surface area contributed by atoms with Crippen molar-refractivity contribution in [3.8, 4) is 0 Å². The number of rotatable bonds is 7. The van der Waals surface area contributed by atoms with E-state index in [1.165, 1.54) is 24.9 Å². The highest BCUT2D eigenvalue weighted by molar-refractivity contribution is 5.78. The number of carbonyl (C=O) groups excluding carboxylic acids is 1. The molecule has 0 radical (unpaired) electrons. The molecule has 132 valence electrons. The molecule has 0 spiro atoms. The van der Waals surface area contributed by atoms with Crippen LogP contribution < -0.4 is 10.6 Å². The Morgan fingerprint density at radius 3 is 2.96 bits per heavy atom. The molecule has 0 aliphatic carbocycles. The standard InChI is InChI=1S/C19H30N4O/c24-19(16-7-11-20-12-8-16)22-10-1-2-13-23-14-4-6-18(23)17-5-3-9-21-15-17/h3,5,9,15-16,18,20H,1-2,4,6-8,10-14H2,(H,22,24). The first-order valence-corrected chi connectivity index (χ1v) is 9.47. The van der Waals surface area contributed by atoms with Crippen LogP contribution in [0, 0.1) is 5.92 Å². The average Bonchev–Trinajstić information content (AvgIpc) is 3.11. The van der Waals surface area contributed by atoms with E-state index in [0.717, 1.165) is 51.9 Å². The summed E-state index contributed by atoms with van der Waals surface area (Å²) in [6.07, 6.45) is 10.5. The van der Waals surface area contributed by atoms with Crippen LogP contribution in [-0.4, -0.2) is 48.5 Å². The lowest BCUT2D eigenvalue weighted by Gasteiger charge is -2.24. The van der Waals surface area contributed by atoms with Crippen molar-refractivity contribution in [1.82, 2.24) is 20.5 Å². The number of hydrogen-bond donors (Lipinski definition) is 2. The van der Waals surface area contributed by atoms with Gasteiger partial charge in [0.2, 0.25) is 5.91 Å². The third kappa shape index (κ3) is 4.77. The summed E-state index contributed by atoms with van der Waals surface area (Å²) in [5.74, 6) is 0.478. The van der Waals surface area contributed by atoms with E-state index in [9.17, 15) is 4.79 Å². The van der Waals surface area contributed by atoms with Crippen molar-refractivity contribution >= 4 is 5.91 Å². The van der Waals surface area contributed by atoms with E-state index in [0.29, 0.717) is 6.04 Å². The largest absolute Gasteiger partial charge is 0.356 e. The fourth-order valence-corrected chi connectivity index (χ4v) is 3.92. The molecule has 0 aromatic carbocycles. The van der Waals surface area contributed by atoms with E-state index < -0.39 is 0 Å². The summed E-state index contributed by atoms with van der Waals surface area (Å²) >= 11 is 0. The molecule has 3 rings (SSSR count). The number of piperidine rings is 1. The van der Waals surface area contributed by atoms with E-state index in [1.54, 1.807) is 0 Å². The number of nitrogens with one attached hydrogen (secondary N) is 2. The van der Waals surface area contributed by atoms with Gasteiger partial charge in [-0.15, -0.1) is 0 Å². The van der Waals surface area contributed by atoms with Crippen LogP contribution in [0.2, 0.25) is 0 Å². The number of amides is 1. The van der Waals surface area contributed by atoms with E-state index in [-0.39, 0.29) is 11.8 Å². The summed E-state index contributed by atoms with van der Waals surface area (Å²) < 4.78 is 0. The molecule has 1 aromatic rings. The number of unbranched alkanes of at least 4 members (excludes halogenated alkanes) is 1. The molecular formula is C19H30N4O. The number of aromatic nitrogens is 1. The predicted octanol–water partition coefficient (Wildman–Crippen LogP) is 2.11. The normalized spacial score (nSPS) is 22.6. The highest BCUT2D eigenvalue weighted by Gasteiger charge is 2.25. The zero-order chi connectivity index (χ0) is 16.6. The quantitative estimate of drug-likeness (QED) is 0.752. The van der Waals surface area contributed by atoms with E-state index in [1.807, 2.05) is 18.5 Å². The minimum Gasteiger partial charge on any atom is -0.356 e. The van der Waals surface area contributed by atoms with Gasteiger partial charge in [0.15, 0.2) is 0 Å². The van der Waals surface area contributed by atoms with Gasteiger partial charge >= 0.3 is 0 Å². The van der Waals surface area contributed by atoms with Crippen LogP contribution in [-0.2, 0) is 4.79 Å². The Hall–Kier alpha value is -1.46. The second kappa shape index (κ2) is 9.14. The SMILES string of the molecule is O=C(NCCCCN1CCCC1c1cccnc1)C1CCNCC1.